The molecular formula is C12H15BrN4. The molecule has 2 heterocycles. The van der Waals surface area contributed by atoms with E-state index < -0.39 is 0 Å². The number of nitrogens with zero attached hydrogens (tertiary/aromatic N) is 3. The van der Waals surface area contributed by atoms with Gasteiger partial charge < -0.3 is 5.73 Å². The average molecular weight is 295 g/mol. The molecule has 5 heteroatoms. The summed E-state index contributed by atoms with van der Waals surface area (Å²) in [6.07, 6.45) is 3.57. The van der Waals surface area contributed by atoms with Crippen LogP contribution in [0, 0.1) is 6.92 Å². The molecule has 0 amide bonds. The minimum absolute atomic E-state index is 0.187. The van der Waals surface area contributed by atoms with Crippen LogP contribution >= 0.6 is 15.9 Å². The first kappa shape index (κ1) is 12.3. The quantitative estimate of drug-likeness (QED) is 0.946. The van der Waals surface area contributed by atoms with Crippen molar-refractivity contribution in [2.45, 2.75) is 26.4 Å². The second kappa shape index (κ2) is 4.98. The highest BCUT2D eigenvalue weighted by molar-refractivity contribution is 9.10. The van der Waals surface area contributed by atoms with Crippen molar-refractivity contribution >= 4 is 15.9 Å². The lowest BCUT2D eigenvalue weighted by molar-refractivity contribution is 0.599. The molecule has 1 atom stereocenters. The first-order valence-electron chi connectivity index (χ1n) is 5.52. The maximum atomic E-state index is 6.29. The second-order valence-electron chi connectivity index (χ2n) is 3.90. The van der Waals surface area contributed by atoms with Gasteiger partial charge in [0.15, 0.2) is 0 Å². The molecule has 0 aliphatic carbocycles. The molecule has 17 heavy (non-hydrogen) atoms. The minimum atomic E-state index is -0.187. The van der Waals surface area contributed by atoms with Gasteiger partial charge in [-0.1, -0.05) is 0 Å². The summed E-state index contributed by atoms with van der Waals surface area (Å²) >= 11 is 3.50. The van der Waals surface area contributed by atoms with E-state index in [1.54, 1.807) is 12.4 Å². The molecule has 2 aromatic heterocycles. The van der Waals surface area contributed by atoms with Crippen LogP contribution in [0.25, 0.3) is 0 Å². The Labute approximate surface area is 109 Å². The summed E-state index contributed by atoms with van der Waals surface area (Å²) < 4.78 is 2.85. The van der Waals surface area contributed by atoms with E-state index in [1.807, 2.05) is 30.7 Å². The van der Waals surface area contributed by atoms with Gasteiger partial charge in [0.05, 0.1) is 22.4 Å². The Bertz CT molecular complexity index is 521. The molecule has 0 saturated carbocycles. The molecule has 2 rings (SSSR count). The van der Waals surface area contributed by atoms with E-state index in [0.717, 1.165) is 28.0 Å². The van der Waals surface area contributed by atoms with Crippen LogP contribution in [0.1, 0.15) is 29.9 Å². The summed E-state index contributed by atoms with van der Waals surface area (Å²) in [5.74, 6) is 0. The summed E-state index contributed by atoms with van der Waals surface area (Å²) in [5, 5.41) is 4.28. The number of aryl methyl sites for hydroxylation is 2. The van der Waals surface area contributed by atoms with Crippen LogP contribution < -0.4 is 5.73 Å². The molecule has 0 saturated heterocycles. The molecule has 4 nitrogen and oxygen atoms in total. The largest absolute Gasteiger partial charge is 0.319 e. The molecule has 0 aromatic carbocycles. The van der Waals surface area contributed by atoms with Crippen LogP contribution in [0.4, 0.5) is 0 Å². The Kier molecular flexibility index (Phi) is 3.59. The number of nitrogens with two attached hydrogens (primary N) is 1. The van der Waals surface area contributed by atoms with Gasteiger partial charge in [0.1, 0.15) is 0 Å². The van der Waals surface area contributed by atoms with Gasteiger partial charge >= 0.3 is 0 Å². The third-order valence-electron chi connectivity index (χ3n) is 2.71. The van der Waals surface area contributed by atoms with Crippen LogP contribution in [0.3, 0.4) is 0 Å². The van der Waals surface area contributed by atoms with Crippen molar-refractivity contribution in [1.29, 1.82) is 0 Å². The van der Waals surface area contributed by atoms with Crippen LogP contribution in [0.5, 0.6) is 0 Å². The molecule has 90 valence electrons. The molecule has 0 fully saturated rings. The van der Waals surface area contributed by atoms with E-state index >= 15 is 0 Å². The topological polar surface area (TPSA) is 56.7 Å². The van der Waals surface area contributed by atoms with E-state index in [4.69, 9.17) is 5.73 Å². The monoisotopic (exact) mass is 294 g/mol. The zero-order valence-electron chi connectivity index (χ0n) is 9.89. The van der Waals surface area contributed by atoms with Crippen LogP contribution in [-0.4, -0.2) is 14.8 Å². The molecule has 0 spiro atoms. The van der Waals surface area contributed by atoms with E-state index in [2.05, 4.69) is 26.0 Å². The predicted molar refractivity (Wildman–Crippen MR) is 70.6 cm³/mol. The number of hydrogen-bond acceptors (Lipinski definition) is 3. The number of rotatable bonds is 3. The van der Waals surface area contributed by atoms with Crippen molar-refractivity contribution in [3.63, 3.8) is 0 Å². The number of pyridine rings is 1. The van der Waals surface area contributed by atoms with Crippen LogP contribution in [0.15, 0.2) is 29.0 Å². The van der Waals surface area contributed by atoms with Crippen molar-refractivity contribution in [1.82, 2.24) is 14.8 Å². The fraction of sp³-hybridized carbons (Fsp3) is 0.333. The lowest BCUT2D eigenvalue weighted by atomic mass is 10.1. The molecule has 1 unspecified atom stereocenters. The Morgan fingerprint density at radius 3 is 2.94 bits per heavy atom. The van der Waals surface area contributed by atoms with E-state index in [1.165, 1.54) is 0 Å². The maximum absolute atomic E-state index is 6.29. The van der Waals surface area contributed by atoms with Gasteiger partial charge in [-0.05, 0) is 47.5 Å². The normalized spacial score (nSPS) is 12.7. The van der Waals surface area contributed by atoms with E-state index in [9.17, 15) is 0 Å². The molecular weight excluding hydrogens is 280 g/mol. The molecule has 0 radical (unpaired) electrons. The summed E-state index contributed by atoms with van der Waals surface area (Å²) in [4.78, 5) is 4.18. The summed E-state index contributed by atoms with van der Waals surface area (Å²) in [6.45, 7) is 4.81. The van der Waals surface area contributed by atoms with Crippen molar-refractivity contribution < 1.29 is 0 Å². The summed E-state index contributed by atoms with van der Waals surface area (Å²) in [7, 11) is 0. The third-order valence-corrected chi connectivity index (χ3v) is 3.32. The fourth-order valence-electron chi connectivity index (χ4n) is 1.85. The fourth-order valence-corrected chi connectivity index (χ4v) is 2.39. The predicted octanol–water partition coefficient (Wildman–Crippen LogP) is 2.42. The molecule has 0 aliphatic rings. The third kappa shape index (κ3) is 2.40. The number of halogens is 1. The SMILES string of the molecule is CCn1ncc(Br)c1C(N)c1ccnc(C)c1. The van der Waals surface area contributed by atoms with Gasteiger partial charge in [-0.15, -0.1) is 0 Å². The lowest BCUT2D eigenvalue weighted by Gasteiger charge is -2.15. The van der Waals surface area contributed by atoms with Gasteiger partial charge in [0, 0.05) is 18.4 Å². The van der Waals surface area contributed by atoms with Gasteiger partial charge in [-0.25, -0.2) is 0 Å². The highest BCUT2D eigenvalue weighted by Gasteiger charge is 2.17. The Hall–Kier alpha value is -1.20. The maximum Gasteiger partial charge on any atom is 0.0738 e. The zero-order chi connectivity index (χ0) is 12.4. The highest BCUT2D eigenvalue weighted by Crippen LogP contribution is 2.26. The van der Waals surface area contributed by atoms with Crippen molar-refractivity contribution in [2.24, 2.45) is 5.73 Å². The van der Waals surface area contributed by atoms with E-state index in [0.29, 0.717) is 0 Å². The van der Waals surface area contributed by atoms with Gasteiger partial charge in [-0.3, -0.25) is 9.67 Å². The summed E-state index contributed by atoms with van der Waals surface area (Å²) in [5.41, 5.74) is 9.31. The van der Waals surface area contributed by atoms with Crippen LogP contribution in [0.2, 0.25) is 0 Å². The smallest absolute Gasteiger partial charge is 0.0738 e. The first-order valence-corrected chi connectivity index (χ1v) is 6.32. The highest BCUT2D eigenvalue weighted by atomic mass is 79.9. The van der Waals surface area contributed by atoms with Gasteiger partial charge in [0.25, 0.3) is 0 Å². The molecule has 0 aliphatic heterocycles. The van der Waals surface area contributed by atoms with E-state index in [-0.39, 0.29) is 6.04 Å². The summed E-state index contributed by atoms with van der Waals surface area (Å²) in [6, 6.07) is 3.76. The Balaban J connectivity index is 2.43. The number of aromatic nitrogens is 3. The first-order chi connectivity index (χ1) is 8.13. The zero-order valence-corrected chi connectivity index (χ0v) is 11.5. The van der Waals surface area contributed by atoms with Crippen LogP contribution in [-0.2, 0) is 6.54 Å². The molecule has 0 bridgehead atoms. The average Bonchev–Trinajstić information content (AvgIpc) is 2.69. The number of hydrogen-bond donors (Lipinski definition) is 1. The standard InChI is InChI=1S/C12H15BrN4/c1-3-17-12(10(13)7-16-17)11(14)9-4-5-15-8(2)6-9/h4-7,11H,3,14H2,1-2H3. The molecule has 2 aromatic rings. The Morgan fingerprint density at radius 2 is 2.29 bits per heavy atom. The van der Waals surface area contributed by atoms with Crippen molar-refractivity contribution in [3.05, 3.63) is 46.0 Å². The van der Waals surface area contributed by atoms with Crippen molar-refractivity contribution in [3.8, 4) is 0 Å². The molecule has 2 N–H and O–H groups in total. The Morgan fingerprint density at radius 1 is 1.53 bits per heavy atom. The van der Waals surface area contributed by atoms with Gasteiger partial charge in [-0.2, -0.15) is 5.10 Å². The van der Waals surface area contributed by atoms with Crippen molar-refractivity contribution in [2.75, 3.05) is 0 Å². The minimum Gasteiger partial charge on any atom is -0.319 e. The van der Waals surface area contributed by atoms with Gasteiger partial charge in [0.2, 0.25) is 0 Å². The second-order valence-corrected chi connectivity index (χ2v) is 4.76. The lowest BCUT2D eigenvalue weighted by Crippen LogP contribution is -2.18.